The van der Waals surface area contributed by atoms with E-state index in [0.29, 0.717) is 16.8 Å². The van der Waals surface area contributed by atoms with E-state index in [1.807, 2.05) is 19.1 Å². The number of hydrazone groups is 1. The van der Waals surface area contributed by atoms with Crippen LogP contribution < -0.4 is 5.43 Å². The maximum atomic E-state index is 12.1. The van der Waals surface area contributed by atoms with E-state index < -0.39 is 0 Å². The molecule has 0 saturated carbocycles. The summed E-state index contributed by atoms with van der Waals surface area (Å²) in [6.45, 7) is 3.59. The van der Waals surface area contributed by atoms with E-state index >= 15 is 0 Å². The SMILES string of the molecule is C/C(=N\NC(=O)c1ccccc1C)c1cc(Br)ccc1O. The molecular formula is C16H15BrN2O2. The van der Waals surface area contributed by atoms with E-state index in [0.717, 1.165) is 10.0 Å². The highest BCUT2D eigenvalue weighted by molar-refractivity contribution is 9.10. The average Bonchev–Trinajstić information content (AvgIpc) is 2.47. The average molecular weight is 347 g/mol. The molecule has 2 aromatic carbocycles. The molecule has 0 bridgehead atoms. The monoisotopic (exact) mass is 346 g/mol. The van der Waals surface area contributed by atoms with Gasteiger partial charge in [-0.15, -0.1) is 0 Å². The van der Waals surface area contributed by atoms with Gasteiger partial charge in [-0.2, -0.15) is 5.10 Å². The fourth-order valence-electron chi connectivity index (χ4n) is 1.88. The van der Waals surface area contributed by atoms with Crippen LogP contribution in [0.15, 0.2) is 52.0 Å². The number of aryl methyl sites for hydroxylation is 1. The van der Waals surface area contributed by atoms with Gasteiger partial charge in [0, 0.05) is 15.6 Å². The van der Waals surface area contributed by atoms with Crippen molar-refractivity contribution < 1.29 is 9.90 Å². The molecule has 0 saturated heterocycles. The second-order valence-electron chi connectivity index (χ2n) is 4.61. The molecule has 0 aliphatic carbocycles. The molecule has 2 aromatic rings. The number of aromatic hydroxyl groups is 1. The second kappa shape index (κ2) is 6.54. The van der Waals surface area contributed by atoms with Crippen molar-refractivity contribution in [1.82, 2.24) is 5.43 Å². The molecule has 0 aromatic heterocycles. The number of benzene rings is 2. The molecule has 2 N–H and O–H groups in total. The van der Waals surface area contributed by atoms with E-state index in [1.165, 1.54) is 0 Å². The second-order valence-corrected chi connectivity index (χ2v) is 5.53. The molecule has 0 atom stereocenters. The van der Waals surface area contributed by atoms with Crippen molar-refractivity contribution in [2.24, 2.45) is 5.10 Å². The minimum atomic E-state index is -0.276. The first-order valence-electron chi connectivity index (χ1n) is 6.38. The van der Waals surface area contributed by atoms with Crippen LogP contribution in [0.1, 0.15) is 28.4 Å². The number of carbonyl (C=O) groups excluding carboxylic acids is 1. The van der Waals surface area contributed by atoms with Crippen molar-refractivity contribution in [3.8, 4) is 5.75 Å². The van der Waals surface area contributed by atoms with Gasteiger partial charge in [0.2, 0.25) is 0 Å². The minimum Gasteiger partial charge on any atom is -0.507 e. The Kier molecular flexibility index (Phi) is 4.75. The van der Waals surface area contributed by atoms with Gasteiger partial charge in [-0.3, -0.25) is 4.79 Å². The van der Waals surface area contributed by atoms with Crippen molar-refractivity contribution in [2.75, 3.05) is 0 Å². The van der Waals surface area contributed by atoms with Crippen LogP contribution in [0.2, 0.25) is 0 Å². The van der Waals surface area contributed by atoms with Crippen molar-refractivity contribution in [3.05, 3.63) is 63.6 Å². The summed E-state index contributed by atoms with van der Waals surface area (Å²) in [6.07, 6.45) is 0. The lowest BCUT2D eigenvalue weighted by Gasteiger charge is -2.07. The minimum absolute atomic E-state index is 0.115. The quantitative estimate of drug-likeness (QED) is 0.658. The van der Waals surface area contributed by atoms with Gasteiger partial charge >= 0.3 is 0 Å². The van der Waals surface area contributed by atoms with Crippen LogP contribution in [-0.4, -0.2) is 16.7 Å². The van der Waals surface area contributed by atoms with E-state index in [4.69, 9.17) is 0 Å². The molecule has 21 heavy (non-hydrogen) atoms. The van der Waals surface area contributed by atoms with Crippen molar-refractivity contribution in [3.63, 3.8) is 0 Å². The fourth-order valence-corrected chi connectivity index (χ4v) is 2.24. The van der Waals surface area contributed by atoms with Crippen LogP contribution in [-0.2, 0) is 0 Å². The van der Waals surface area contributed by atoms with Gasteiger partial charge in [0.25, 0.3) is 5.91 Å². The molecule has 0 fully saturated rings. The lowest BCUT2D eigenvalue weighted by atomic mass is 10.1. The van der Waals surface area contributed by atoms with Crippen LogP contribution in [0.25, 0.3) is 0 Å². The van der Waals surface area contributed by atoms with Gasteiger partial charge in [0.05, 0.1) is 5.71 Å². The zero-order chi connectivity index (χ0) is 15.4. The number of hydrogen-bond acceptors (Lipinski definition) is 3. The van der Waals surface area contributed by atoms with Crippen LogP contribution in [0.4, 0.5) is 0 Å². The third kappa shape index (κ3) is 3.70. The molecule has 0 heterocycles. The molecule has 4 nitrogen and oxygen atoms in total. The van der Waals surface area contributed by atoms with Gasteiger partial charge in [0.15, 0.2) is 0 Å². The maximum Gasteiger partial charge on any atom is 0.271 e. The van der Waals surface area contributed by atoms with Crippen LogP contribution >= 0.6 is 15.9 Å². The van der Waals surface area contributed by atoms with Gasteiger partial charge < -0.3 is 5.11 Å². The van der Waals surface area contributed by atoms with E-state index in [2.05, 4.69) is 26.5 Å². The Morgan fingerprint density at radius 2 is 1.90 bits per heavy atom. The van der Waals surface area contributed by atoms with Gasteiger partial charge in [0.1, 0.15) is 5.75 Å². The lowest BCUT2D eigenvalue weighted by molar-refractivity contribution is 0.0954. The summed E-state index contributed by atoms with van der Waals surface area (Å²) in [5.41, 5.74) is 5.05. The van der Waals surface area contributed by atoms with E-state index in [9.17, 15) is 9.90 Å². The normalized spacial score (nSPS) is 11.3. The Labute approximate surface area is 131 Å². The van der Waals surface area contributed by atoms with Crippen LogP contribution in [0.3, 0.4) is 0 Å². The van der Waals surface area contributed by atoms with Gasteiger partial charge in [-0.1, -0.05) is 34.1 Å². The highest BCUT2D eigenvalue weighted by Gasteiger charge is 2.09. The number of amides is 1. The highest BCUT2D eigenvalue weighted by atomic mass is 79.9. The molecule has 0 radical (unpaired) electrons. The summed E-state index contributed by atoms with van der Waals surface area (Å²) < 4.78 is 0.829. The first-order chi connectivity index (χ1) is 9.99. The molecule has 5 heteroatoms. The summed E-state index contributed by atoms with van der Waals surface area (Å²) in [4.78, 5) is 12.1. The third-order valence-electron chi connectivity index (χ3n) is 3.06. The number of phenolic OH excluding ortho intramolecular Hbond substituents is 1. The summed E-state index contributed by atoms with van der Waals surface area (Å²) in [5.74, 6) is -0.161. The predicted octanol–water partition coefficient (Wildman–Crippen LogP) is 3.62. The summed E-state index contributed by atoms with van der Waals surface area (Å²) in [7, 11) is 0. The zero-order valence-electron chi connectivity index (χ0n) is 11.7. The van der Waals surface area contributed by atoms with E-state index in [1.54, 1.807) is 37.3 Å². The predicted molar refractivity (Wildman–Crippen MR) is 86.7 cm³/mol. The number of halogens is 1. The Bertz CT molecular complexity index is 711. The summed E-state index contributed by atoms with van der Waals surface area (Å²) in [5, 5.41) is 13.9. The first kappa shape index (κ1) is 15.3. The largest absolute Gasteiger partial charge is 0.507 e. The van der Waals surface area contributed by atoms with Gasteiger partial charge in [-0.25, -0.2) is 5.43 Å². The number of phenols is 1. The molecular weight excluding hydrogens is 332 g/mol. The molecule has 0 aliphatic heterocycles. The highest BCUT2D eigenvalue weighted by Crippen LogP contribution is 2.22. The van der Waals surface area contributed by atoms with Crippen molar-refractivity contribution in [2.45, 2.75) is 13.8 Å². The topological polar surface area (TPSA) is 61.7 Å². The number of nitrogens with zero attached hydrogens (tertiary/aromatic N) is 1. The van der Waals surface area contributed by atoms with Crippen molar-refractivity contribution in [1.29, 1.82) is 0 Å². The number of nitrogens with one attached hydrogen (secondary N) is 1. The van der Waals surface area contributed by atoms with Crippen LogP contribution in [0.5, 0.6) is 5.75 Å². The fraction of sp³-hybridized carbons (Fsp3) is 0.125. The number of rotatable bonds is 3. The zero-order valence-corrected chi connectivity index (χ0v) is 13.3. The molecule has 0 unspecified atom stereocenters. The standard InChI is InChI=1S/C16H15BrN2O2/c1-10-5-3-4-6-13(10)16(21)19-18-11(2)14-9-12(17)7-8-15(14)20/h3-9,20H,1-2H3,(H,19,21)/b18-11+. The molecule has 1 amide bonds. The first-order valence-corrected chi connectivity index (χ1v) is 7.17. The number of carbonyl (C=O) groups is 1. The van der Waals surface area contributed by atoms with Crippen LogP contribution in [0, 0.1) is 6.92 Å². The van der Waals surface area contributed by atoms with Gasteiger partial charge in [-0.05, 0) is 43.7 Å². The summed E-state index contributed by atoms with van der Waals surface area (Å²) >= 11 is 3.34. The molecule has 2 rings (SSSR count). The third-order valence-corrected chi connectivity index (χ3v) is 3.56. The van der Waals surface area contributed by atoms with Crippen molar-refractivity contribution >= 4 is 27.5 Å². The Morgan fingerprint density at radius 1 is 1.19 bits per heavy atom. The molecule has 108 valence electrons. The summed E-state index contributed by atoms with van der Waals surface area (Å²) in [6, 6.07) is 12.3. The molecule has 0 spiro atoms. The Morgan fingerprint density at radius 3 is 2.62 bits per heavy atom. The smallest absolute Gasteiger partial charge is 0.271 e. The number of hydrogen-bond donors (Lipinski definition) is 2. The lowest BCUT2D eigenvalue weighted by Crippen LogP contribution is -2.20. The van der Waals surface area contributed by atoms with E-state index in [-0.39, 0.29) is 11.7 Å². The molecule has 0 aliphatic rings. The Balaban J connectivity index is 2.19. The maximum absolute atomic E-state index is 12.1. The Hall–Kier alpha value is -2.14.